The van der Waals surface area contributed by atoms with Gasteiger partial charge in [0, 0.05) is 16.9 Å². The van der Waals surface area contributed by atoms with Crippen LogP contribution in [0, 0.1) is 0 Å². The van der Waals surface area contributed by atoms with Gasteiger partial charge in [0.1, 0.15) is 17.2 Å². The van der Waals surface area contributed by atoms with Gasteiger partial charge >= 0.3 is 18.0 Å². The van der Waals surface area contributed by atoms with Gasteiger partial charge in [-0.1, -0.05) is 12.1 Å². The predicted octanol–water partition coefficient (Wildman–Crippen LogP) is 6.04. The number of nitrogen functional groups attached to an aromatic ring is 2. The molecule has 0 bridgehead atoms. The van der Waals surface area contributed by atoms with E-state index in [0.29, 0.717) is 23.6 Å². The van der Waals surface area contributed by atoms with E-state index >= 15 is 0 Å². The highest BCUT2D eigenvalue weighted by Gasteiger charge is 2.74. The van der Waals surface area contributed by atoms with E-state index in [0.717, 1.165) is 36.4 Å². The van der Waals surface area contributed by atoms with Crippen molar-refractivity contribution in [2.75, 3.05) is 11.5 Å². The van der Waals surface area contributed by atoms with Gasteiger partial charge in [-0.2, -0.15) is 26.3 Å². The second-order valence-corrected chi connectivity index (χ2v) is 6.54. The van der Waals surface area contributed by atoms with Crippen LogP contribution >= 0.6 is 0 Å². The number of halogens is 6. The van der Waals surface area contributed by atoms with Gasteiger partial charge in [0.25, 0.3) is 0 Å². The van der Waals surface area contributed by atoms with Crippen molar-refractivity contribution < 1.29 is 35.8 Å². The standard InChI is InChI=1S/C21H16F6N2O2/c22-20(23,24)19(21(25,26)27,31-18-11-5-15(29)6-12-18)13-1-7-16(8-2-13)30-17-9-3-14(28)4-10-17/h1-12H,28-29H2. The lowest BCUT2D eigenvalue weighted by Gasteiger charge is -2.37. The van der Waals surface area contributed by atoms with Crippen LogP contribution < -0.4 is 20.9 Å². The predicted molar refractivity (Wildman–Crippen MR) is 103 cm³/mol. The smallest absolute Gasteiger partial charge is 0.442 e. The average molecular weight is 442 g/mol. The van der Waals surface area contributed by atoms with E-state index in [2.05, 4.69) is 4.74 Å². The summed E-state index contributed by atoms with van der Waals surface area (Å²) in [4.78, 5) is 0. The van der Waals surface area contributed by atoms with E-state index < -0.39 is 29.3 Å². The van der Waals surface area contributed by atoms with Crippen molar-refractivity contribution in [3.63, 3.8) is 0 Å². The molecule has 3 rings (SSSR count). The van der Waals surface area contributed by atoms with Crippen molar-refractivity contribution in [2.24, 2.45) is 0 Å². The minimum absolute atomic E-state index is 0.0271. The van der Waals surface area contributed by atoms with Gasteiger partial charge in [0.2, 0.25) is 0 Å². The SMILES string of the molecule is Nc1ccc(Oc2ccc(C(Oc3ccc(N)cc3)(C(F)(F)F)C(F)(F)F)cc2)cc1. The fourth-order valence-corrected chi connectivity index (χ4v) is 2.80. The summed E-state index contributed by atoms with van der Waals surface area (Å²) < 4.78 is 93.4. The van der Waals surface area contributed by atoms with Gasteiger partial charge in [-0.15, -0.1) is 0 Å². The van der Waals surface area contributed by atoms with Gasteiger partial charge in [0.05, 0.1) is 0 Å². The van der Waals surface area contributed by atoms with Crippen molar-refractivity contribution in [2.45, 2.75) is 18.0 Å². The third kappa shape index (κ3) is 4.47. The van der Waals surface area contributed by atoms with Crippen LogP contribution in [0.1, 0.15) is 5.56 Å². The Hall–Kier alpha value is -3.56. The molecule has 10 heteroatoms. The Balaban J connectivity index is 2.02. The molecule has 0 spiro atoms. The molecule has 0 aromatic heterocycles. The van der Waals surface area contributed by atoms with Crippen LogP contribution in [0.4, 0.5) is 37.7 Å². The molecule has 0 amide bonds. The van der Waals surface area contributed by atoms with E-state index in [1.165, 1.54) is 24.3 Å². The number of anilines is 2. The van der Waals surface area contributed by atoms with Crippen LogP contribution in [0.2, 0.25) is 0 Å². The first-order valence-electron chi connectivity index (χ1n) is 8.74. The van der Waals surface area contributed by atoms with Crippen LogP contribution in [-0.2, 0) is 5.60 Å². The third-order valence-corrected chi connectivity index (χ3v) is 4.33. The molecule has 0 aliphatic rings. The Morgan fingerprint density at radius 2 is 0.871 bits per heavy atom. The molecule has 0 radical (unpaired) electrons. The maximum absolute atomic E-state index is 13.9. The maximum Gasteiger partial charge on any atom is 0.442 e. The maximum atomic E-state index is 13.9. The van der Waals surface area contributed by atoms with Crippen molar-refractivity contribution in [1.29, 1.82) is 0 Å². The lowest BCUT2D eigenvalue weighted by Crippen LogP contribution is -2.58. The molecular formula is C21H16F6N2O2. The van der Waals surface area contributed by atoms with E-state index in [9.17, 15) is 26.3 Å². The molecule has 0 saturated heterocycles. The number of benzene rings is 3. The highest BCUT2D eigenvalue weighted by atomic mass is 19.4. The Morgan fingerprint density at radius 3 is 1.26 bits per heavy atom. The van der Waals surface area contributed by atoms with Crippen LogP contribution in [0.3, 0.4) is 0 Å². The topological polar surface area (TPSA) is 70.5 Å². The first kappa shape index (κ1) is 22.1. The fraction of sp³-hybridized carbons (Fsp3) is 0.143. The summed E-state index contributed by atoms with van der Waals surface area (Å²) in [6.45, 7) is 0. The van der Waals surface area contributed by atoms with Gasteiger partial charge in [0.15, 0.2) is 0 Å². The summed E-state index contributed by atoms with van der Waals surface area (Å²) >= 11 is 0. The number of hydrogen-bond acceptors (Lipinski definition) is 4. The molecule has 0 atom stereocenters. The molecule has 0 unspecified atom stereocenters. The van der Waals surface area contributed by atoms with Crippen LogP contribution in [0.25, 0.3) is 0 Å². The molecule has 0 aliphatic heterocycles. The molecule has 4 nitrogen and oxygen atoms in total. The summed E-state index contributed by atoms with van der Waals surface area (Å²) in [5.74, 6) is -0.316. The summed E-state index contributed by atoms with van der Waals surface area (Å²) in [6, 6.07) is 13.5. The molecule has 0 saturated carbocycles. The van der Waals surface area contributed by atoms with Crippen LogP contribution in [0.5, 0.6) is 17.2 Å². The Bertz CT molecular complexity index is 1000. The Morgan fingerprint density at radius 1 is 0.516 bits per heavy atom. The number of hydrogen-bond donors (Lipinski definition) is 2. The molecule has 4 N–H and O–H groups in total. The molecule has 3 aromatic carbocycles. The molecule has 0 fully saturated rings. The molecule has 0 aliphatic carbocycles. The van der Waals surface area contributed by atoms with Crippen molar-refractivity contribution in [3.05, 3.63) is 78.4 Å². The zero-order valence-electron chi connectivity index (χ0n) is 15.7. The third-order valence-electron chi connectivity index (χ3n) is 4.33. The highest BCUT2D eigenvalue weighted by Crippen LogP contribution is 2.53. The second kappa shape index (κ2) is 7.93. The minimum atomic E-state index is -5.83. The van der Waals surface area contributed by atoms with Gasteiger partial charge in [-0.05, 0) is 60.7 Å². The van der Waals surface area contributed by atoms with Gasteiger partial charge < -0.3 is 20.9 Å². The van der Waals surface area contributed by atoms with E-state index in [1.807, 2.05) is 0 Å². The Kier molecular flexibility index (Phi) is 5.66. The number of nitrogens with two attached hydrogens (primary N) is 2. The zero-order valence-corrected chi connectivity index (χ0v) is 15.7. The average Bonchev–Trinajstić information content (AvgIpc) is 2.68. The monoisotopic (exact) mass is 442 g/mol. The second-order valence-electron chi connectivity index (χ2n) is 6.54. The fourth-order valence-electron chi connectivity index (χ4n) is 2.80. The lowest BCUT2D eigenvalue weighted by atomic mass is 9.91. The highest BCUT2D eigenvalue weighted by molar-refractivity contribution is 5.45. The summed E-state index contributed by atoms with van der Waals surface area (Å²) in [6.07, 6.45) is -11.7. The van der Waals surface area contributed by atoms with Crippen LogP contribution in [-0.4, -0.2) is 12.4 Å². The quantitative estimate of drug-likeness (QED) is 0.373. The molecule has 3 aromatic rings. The van der Waals surface area contributed by atoms with Gasteiger partial charge in [-0.3, -0.25) is 0 Å². The van der Waals surface area contributed by atoms with Crippen LogP contribution in [0.15, 0.2) is 72.8 Å². The van der Waals surface area contributed by atoms with Crippen molar-refractivity contribution in [1.82, 2.24) is 0 Å². The number of rotatable bonds is 5. The number of ether oxygens (including phenoxy) is 2. The molecule has 0 heterocycles. The molecule has 164 valence electrons. The van der Waals surface area contributed by atoms with Crippen molar-refractivity contribution in [3.8, 4) is 17.2 Å². The summed E-state index contributed by atoms with van der Waals surface area (Å²) in [7, 11) is 0. The molecule has 31 heavy (non-hydrogen) atoms. The lowest BCUT2D eigenvalue weighted by molar-refractivity contribution is -0.365. The largest absolute Gasteiger partial charge is 0.464 e. The van der Waals surface area contributed by atoms with E-state index in [-0.39, 0.29) is 11.4 Å². The first-order chi connectivity index (χ1) is 14.4. The normalized spacial score (nSPS) is 12.5. The first-order valence-corrected chi connectivity index (χ1v) is 8.74. The minimum Gasteiger partial charge on any atom is -0.464 e. The zero-order chi connectivity index (χ0) is 22.9. The molecular weight excluding hydrogens is 426 g/mol. The van der Waals surface area contributed by atoms with Crippen molar-refractivity contribution >= 4 is 11.4 Å². The van der Waals surface area contributed by atoms with E-state index in [4.69, 9.17) is 16.2 Å². The Labute approximate surface area is 173 Å². The summed E-state index contributed by atoms with van der Waals surface area (Å²) in [5.41, 5.74) is 5.85. The van der Waals surface area contributed by atoms with Gasteiger partial charge in [-0.25, -0.2) is 0 Å². The number of alkyl halides is 6. The summed E-state index contributed by atoms with van der Waals surface area (Å²) in [5, 5.41) is 0. The van der Waals surface area contributed by atoms with E-state index in [1.54, 1.807) is 0 Å².